The van der Waals surface area contributed by atoms with Crippen molar-refractivity contribution in [3.8, 4) is 22.3 Å². The van der Waals surface area contributed by atoms with Gasteiger partial charge in [0.15, 0.2) is 0 Å². The molecular formula is C26H23FO. The van der Waals surface area contributed by atoms with E-state index in [4.69, 9.17) is 5.11 Å². The minimum atomic E-state index is -0.231. The lowest BCUT2D eigenvalue weighted by atomic mass is 9.96. The third kappa shape index (κ3) is 3.69. The highest BCUT2D eigenvalue weighted by Crippen LogP contribution is 2.30. The van der Waals surface area contributed by atoms with Crippen molar-refractivity contribution >= 4 is 10.8 Å². The van der Waals surface area contributed by atoms with Crippen LogP contribution in [0.25, 0.3) is 33.0 Å². The van der Waals surface area contributed by atoms with Crippen molar-refractivity contribution in [3.05, 3.63) is 95.8 Å². The lowest BCUT2D eigenvalue weighted by molar-refractivity contribution is 0.282. The van der Waals surface area contributed by atoms with Crippen molar-refractivity contribution in [3.63, 3.8) is 0 Å². The Labute approximate surface area is 165 Å². The molecule has 0 aromatic heterocycles. The number of aryl methyl sites for hydroxylation is 1. The second-order valence-electron chi connectivity index (χ2n) is 7.20. The van der Waals surface area contributed by atoms with Crippen LogP contribution in [-0.2, 0) is 13.0 Å². The number of benzene rings is 4. The fourth-order valence-corrected chi connectivity index (χ4v) is 3.64. The molecule has 0 amide bonds. The Morgan fingerprint density at radius 3 is 2.04 bits per heavy atom. The summed E-state index contributed by atoms with van der Waals surface area (Å²) in [5.74, 6) is -0.231. The Hall–Kier alpha value is -2.97. The van der Waals surface area contributed by atoms with Gasteiger partial charge >= 0.3 is 0 Å². The number of rotatable bonds is 5. The van der Waals surface area contributed by atoms with E-state index in [-0.39, 0.29) is 12.4 Å². The molecule has 1 N–H and O–H groups in total. The van der Waals surface area contributed by atoms with Gasteiger partial charge in [0.05, 0.1) is 6.61 Å². The van der Waals surface area contributed by atoms with E-state index in [9.17, 15) is 4.39 Å². The second-order valence-corrected chi connectivity index (χ2v) is 7.20. The van der Waals surface area contributed by atoms with Crippen LogP contribution in [0.1, 0.15) is 24.5 Å². The number of fused-ring (bicyclic) bond motifs is 1. The topological polar surface area (TPSA) is 20.2 Å². The van der Waals surface area contributed by atoms with Gasteiger partial charge in [0.2, 0.25) is 0 Å². The van der Waals surface area contributed by atoms with Crippen LogP contribution in [0.2, 0.25) is 0 Å². The van der Waals surface area contributed by atoms with E-state index >= 15 is 0 Å². The molecule has 140 valence electrons. The third-order valence-electron chi connectivity index (χ3n) is 5.19. The van der Waals surface area contributed by atoms with Crippen LogP contribution in [-0.4, -0.2) is 5.11 Å². The van der Waals surface area contributed by atoms with Gasteiger partial charge < -0.3 is 5.11 Å². The normalized spacial score (nSPS) is 11.1. The number of hydrogen-bond acceptors (Lipinski definition) is 1. The zero-order chi connectivity index (χ0) is 19.5. The molecule has 0 aliphatic carbocycles. The van der Waals surface area contributed by atoms with Crippen molar-refractivity contribution in [1.29, 1.82) is 0 Å². The smallest absolute Gasteiger partial charge is 0.131 e. The van der Waals surface area contributed by atoms with E-state index < -0.39 is 0 Å². The SMILES string of the molecule is CCCc1ccc2cc(-c3ccc(-c4ccc(CO)cc4)cc3F)ccc2c1. The predicted octanol–water partition coefficient (Wildman–Crippen LogP) is 6.76. The fraction of sp³-hybridized carbons (Fsp3) is 0.154. The maximum atomic E-state index is 14.9. The van der Waals surface area contributed by atoms with Gasteiger partial charge in [-0.05, 0) is 57.1 Å². The Balaban J connectivity index is 1.67. The first-order chi connectivity index (χ1) is 13.7. The number of hydrogen-bond donors (Lipinski definition) is 1. The molecule has 0 heterocycles. The molecule has 0 fully saturated rings. The summed E-state index contributed by atoms with van der Waals surface area (Å²) in [6.45, 7) is 2.19. The molecular weight excluding hydrogens is 347 g/mol. The largest absolute Gasteiger partial charge is 0.392 e. The highest BCUT2D eigenvalue weighted by molar-refractivity contribution is 5.88. The Morgan fingerprint density at radius 2 is 1.32 bits per heavy atom. The maximum absolute atomic E-state index is 14.9. The van der Waals surface area contributed by atoms with E-state index in [1.807, 2.05) is 42.5 Å². The predicted molar refractivity (Wildman–Crippen MR) is 115 cm³/mol. The zero-order valence-electron chi connectivity index (χ0n) is 16.0. The Morgan fingerprint density at radius 1 is 0.679 bits per heavy atom. The van der Waals surface area contributed by atoms with Crippen LogP contribution in [0.5, 0.6) is 0 Å². The molecule has 4 aromatic carbocycles. The van der Waals surface area contributed by atoms with E-state index in [2.05, 4.69) is 37.3 Å². The molecule has 0 spiro atoms. The molecule has 0 saturated carbocycles. The summed E-state index contributed by atoms with van der Waals surface area (Å²) in [5.41, 5.74) is 5.44. The van der Waals surface area contributed by atoms with Crippen LogP contribution in [0, 0.1) is 5.82 Å². The van der Waals surface area contributed by atoms with E-state index in [1.165, 1.54) is 10.9 Å². The molecule has 0 unspecified atom stereocenters. The minimum Gasteiger partial charge on any atom is -0.392 e. The molecule has 0 radical (unpaired) electrons. The van der Waals surface area contributed by atoms with Crippen molar-refractivity contribution in [2.24, 2.45) is 0 Å². The molecule has 4 aromatic rings. The molecule has 28 heavy (non-hydrogen) atoms. The summed E-state index contributed by atoms with van der Waals surface area (Å²) >= 11 is 0. The van der Waals surface area contributed by atoms with Gasteiger partial charge in [-0.25, -0.2) is 4.39 Å². The van der Waals surface area contributed by atoms with Gasteiger partial charge in [0.1, 0.15) is 5.82 Å². The van der Waals surface area contributed by atoms with E-state index in [0.29, 0.717) is 5.56 Å². The quantitative estimate of drug-likeness (QED) is 0.411. The average molecular weight is 370 g/mol. The molecule has 0 bridgehead atoms. The molecule has 0 aliphatic heterocycles. The average Bonchev–Trinajstić information content (AvgIpc) is 2.73. The van der Waals surface area contributed by atoms with Crippen LogP contribution in [0.15, 0.2) is 78.9 Å². The molecule has 4 rings (SSSR count). The summed E-state index contributed by atoms with van der Waals surface area (Å²) < 4.78 is 14.9. The Kier molecular flexibility index (Phi) is 5.23. The van der Waals surface area contributed by atoms with Gasteiger partial charge in [-0.2, -0.15) is 0 Å². The second kappa shape index (κ2) is 7.95. The number of aliphatic hydroxyl groups is 1. The van der Waals surface area contributed by atoms with Crippen LogP contribution < -0.4 is 0 Å². The molecule has 0 atom stereocenters. The molecule has 0 saturated heterocycles. The van der Waals surface area contributed by atoms with Crippen LogP contribution in [0.4, 0.5) is 4.39 Å². The summed E-state index contributed by atoms with van der Waals surface area (Å²) in [6, 6.07) is 25.5. The zero-order valence-corrected chi connectivity index (χ0v) is 16.0. The van der Waals surface area contributed by atoms with E-state index in [1.54, 1.807) is 6.07 Å². The Bertz CT molecular complexity index is 1110. The first-order valence-electron chi connectivity index (χ1n) is 9.70. The van der Waals surface area contributed by atoms with Crippen molar-refractivity contribution in [1.82, 2.24) is 0 Å². The van der Waals surface area contributed by atoms with Gasteiger partial charge in [-0.3, -0.25) is 0 Å². The summed E-state index contributed by atoms with van der Waals surface area (Å²) in [4.78, 5) is 0. The highest BCUT2D eigenvalue weighted by Gasteiger charge is 2.09. The number of aliphatic hydroxyl groups excluding tert-OH is 1. The summed E-state index contributed by atoms with van der Waals surface area (Å²) in [5, 5.41) is 11.5. The summed E-state index contributed by atoms with van der Waals surface area (Å²) in [6.07, 6.45) is 2.21. The lowest BCUT2D eigenvalue weighted by Gasteiger charge is -2.09. The minimum absolute atomic E-state index is 0.00941. The summed E-state index contributed by atoms with van der Waals surface area (Å²) in [7, 11) is 0. The monoisotopic (exact) mass is 370 g/mol. The van der Waals surface area contributed by atoms with Gasteiger partial charge in [0.25, 0.3) is 0 Å². The molecule has 1 nitrogen and oxygen atoms in total. The van der Waals surface area contributed by atoms with Crippen molar-refractivity contribution in [2.75, 3.05) is 0 Å². The first-order valence-corrected chi connectivity index (χ1v) is 9.70. The van der Waals surface area contributed by atoms with Crippen molar-refractivity contribution in [2.45, 2.75) is 26.4 Å². The standard InChI is InChI=1S/C26H23FO/c1-2-3-18-4-9-22-15-24(11-10-21(22)14-18)25-13-12-23(16-26(25)27)20-7-5-19(17-28)6-8-20/h4-16,28H,2-3,17H2,1H3. The van der Waals surface area contributed by atoms with Crippen LogP contribution in [0.3, 0.4) is 0 Å². The van der Waals surface area contributed by atoms with Crippen molar-refractivity contribution < 1.29 is 9.50 Å². The van der Waals surface area contributed by atoms with Gasteiger partial charge in [-0.1, -0.05) is 80.1 Å². The maximum Gasteiger partial charge on any atom is 0.131 e. The lowest BCUT2D eigenvalue weighted by Crippen LogP contribution is -1.89. The number of halogens is 1. The molecule has 0 aliphatic rings. The van der Waals surface area contributed by atoms with E-state index in [0.717, 1.165) is 40.5 Å². The first kappa shape index (κ1) is 18.4. The van der Waals surface area contributed by atoms with Gasteiger partial charge in [0, 0.05) is 5.56 Å². The molecule has 2 heteroatoms. The van der Waals surface area contributed by atoms with Gasteiger partial charge in [-0.15, -0.1) is 0 Å². The highest BCUT2D eigenvalue weighted by atomic mass is 19.1. The fourth-order valence-electron chi connectivity index (χ4n) is 3.64. The van der Waals surface area contributed by atoms with Crippen LogP contribution >= 0.6 is 0 Å². The third-order valence-corrected chi connectivity index (χ3v) is 5.19.